The molecule has 3 nitrogen and oxygen atoms in total. The first-order valence-electron chi connectivity index (χ1n) is 10.1. The molecule has 0 spiro atoms. The minimum absolute atomic E-state index is 0.725. The molecule has 0 amide bonds. The Labute approximate surface area is 168 Å². The Morgan fingerprint density at radius 1 is 0.643 bits per heavy atom. The number of benzene rings is 3. The predicted molar refractivity (Wildman–Crippen MR) is 116 cm³/mol. The first-order valence-corrected chi connectivity index (χ1v) is 10.1. The maximum atomic E-state index is 6.16. The van der Waals surface area contributed by atoms with Crippen LogP contribution >= 0.6 is 0 Å². The van der Waals surface area contributed by atoms with E-state index in [2.05, 4.69) is 82.6 Å². The molecule has 4 rings (SSSR count). The zero-order valence-electron chi connectivity index (χ0n) is 16.3. The maximum absolute atomic E-state index is 6.16. The van der Waals surface area contributed by atoms with Gasteiger partial charge in [-0.3, -0.25) is 9.80 Å². The summed E-state index contributed by atoms with van der Waals surface area (Å²) in [5.41, 5.74) is 3.76. The molecule has 0 atom stereocenters. The lowest BCUT2D eigenvalue weighted by molar-refractivity contribution is 0.112. The van der Waals surface area contributed by atoms with Crippen LogP contribution in [0.4, 0.5) is 0 Å². The molecule has 1 saturated heterocycles. The van der Waals surface area contributed by atoms with Gasteiger partial charge in [0.1, 0.15) is 12.4 Å². The zero-order valence-corrected chi connectivity index (χ0v) is 16.3. The van der Waals surface area contributed by atoms with Gasteiger partial charge in [0.15, 0.2) is 0 Å². The lowest BCUT2D eigenvalue weighted by Crippen LogP contribution is -2.47. The van der Waals surface area contributed by atoms with Crippen LogP contribution in [0.3, 0.4) is 0 Å². The van der Waals surface area contributed by atoms with E-state index in [9.17, 15) is 0 Å². The average Bonchev–Trinajstić information content (AvgIpc) is 2.77. The molecule has 0 radical (unpaired) electrons. The number of nitrogens with zero attached hydrogens (tertiary/aromatic N) is 2. The molecule has 0 aromatic heterocycles. The van der Waals surface area contributed by atoms with Gasteiger partial charge in [-0.05, 0) is 17.2 Å². The fraction of sp³-hybridized carbons (Fsp3) is 0.280. The van der Waals surface area contributed by atoms with Gasteiger partial charge < -0.3 is 4.74 Å². The van der Waals surface area contributed by atoms with E-state index < -0.39 is 0 Å². The normalized spacial score (nSPS) is 15.4. The number of ether oxygens (including phenoxy) is 1. The van der Waals surface area contributed by atoms with E-state index in [1.54, 1.807) is 0 Å². The molecule has 3 aromatic carbocycles. The van der Waals surface area contributed by atoms with Gasteiger partial charge in [-0.2, -0.15) is 0 Å². The third-order valence-corrected chi connectivity index (χ3v) is 5.35. The quantitative estimate of drug-likeness (QED) is 0.605. The van der Waals surface area contributed by atoms with Crippen LogP contribution in [0.2, 0.25) is 0 Å². The Kier molecular flexibility index (Phi) is 6.38. The number of rotatable bonds is 7. The largest absolute Gasteiger partial charge is 0.492 e. The van der Waals surface area contributed by atoms with Crippen molar-refractivity contribution in [3.8, 4) is 16.9 Å². The Morgan fingerprint density at radius 2 is 1.25 bits per heavy atom. The van der Waals surface area contributed by atoms with Crippen molar-refractivity contribution in [1.29, 1.82) is 0 Å². The summed E-state index contributed by atoms with van der Waals surface area (Å²) in [5.74, 6) is 0.969. The van der Waals surface area contributed by atoms with Gasteiger partial charge in [0.25, 0.3) is 0 Å². The summed E-state index contributed by atoms with van der Waals surface area (Å²) < 4.78 is 6.16. The van der Waals surface area contributed by atoms with Crippen LogP contribution in [0.1, 0.15) is 5.56 Å². The standard InChI is InChI=1S/C25H28N2O/c1-3-9-22(10-4-1)21-27-17-15-26(16-18-27)19-20-28-25-14-8-7-13-24(25)23-11-5-2-6-12-23/h1-14H,15-21H2. The molecule has 1 heterocycles. The molecule has 0 saturated carbocycles. The third-order valence-electron chi connectivity index (χ3n) is 5.35. The second kappa shape index (κ2) is 9.54. The van der Waals surface area contributed by atoms with E-state index in [0.29, 0.717) is 0 Å². The Balaban J connectivity index is 1.25. The highest BCUT2D eigenvalue weighted by molar-refractivity contribution is 5.70. The molecule has 0 aliphatic carbocycles. The van der Waals surface area contributed by atoms with Crippen LogP contribution < -0.4 is 4.74 Å². The Hall–Kier alpha value is -2.62. The van der Waals surface area contributed by atoms with E-state index in [1.807, 2.05) is 12.1 Å². The Morgan fingerprint density at radius 3 is 2.00 bits per heavy atom. The van der Waals surface area contributed by atoms with Crippen LogP contribution in [0.25, 0.3) is 11.1 Å². The molecular formula is C25H28N2O. The maximum Gasteiger partial charge on any atom is 0.127 e. The predicted octanol–water partition coefficient (Wildman–Crippen LogP) is 4.55. The van der Waals surface area contributed by atoms with E-state index in [4.69, 9.17) is 4.74 Å². The lowest BCUT2D eigenvalue weighted by Gasteiger charge is -2.34. The summed E-state index contributed by atoms with van der Waals surface area (Å²) in [6.07, 6.45) is 0. The summed E-state index contributed by atoms with van der Waals surface area (Å²) in [6.45, 7) is 7.21. The van der Waals surface area contributed by atoms with Gasteiger partial charge in [-0.15, -0.1) is 0 Å². The zero-order chi connectivity index (χ0) is 19.0. The molecule has 0 N–H and O–H groups in total. The average molecular weight is 373 g/mol. The number of piperazine rings is 1. The van der Waals surface area contributed by atoms with Crippen LogP contribution in [-0.4, -0.2) is 49.1 Å². The Bertz CT molecular complexity index is 843. The number of hydrogen-bond acceptors (Lipinski definition) is 3. The van der Waals surface area contributed by atoms with Crippen molar-refractivity contribution in [3.63, 3.8) is 0 Å². The fourth-order valence-electron chi connectivity index (χ4n) is 3.75. The van der Waals surface area contributed by atoms with Gasteiger partial charge in [-0.25, -0.2) is 0 Å². The molecule has 28 heavy (non-hydrogen) atoms. The van der Waals surface area contributed by atoms with E-state index in [1.165, 1.54) is 11.1 Å². The van der Waals surface area contributed by atoms with Crippen molar-refractivity contribution in [1.82, 2.24) is 9.80 Å². The van der Waals surface area contributed by atoms with E-state index in [0.717, 1.165) is 57.2 Å². The minimum Gasteiger partial charge on any atom is -0.492 e. The minimum atomic E-state index is 0.725. The molecule has 144 valence electrons. The van der Waals surface area contributed by atoms with Crippen molar-refractivity contribution in [3.05, 3.63) is 90.5 Å². The number of hydrogen-bond donors (Lipinski definition) is 0. The second-order valence-electron chi connectivity index (χ2n) is 7.31. The van der Waals surface area contributed by atoms with Crippen LogP contribution in [-0.2, 0) is 6.54 Å². The van der Waals surface area contributed by atoms with Crippen molar-refractivity contribution in [2.45, 2.75) is 6.54 Å². The second-order valence-corrected chi connectivity index (χ2v) is 7.31. The SMILES string of the molecule is c1ccc(CN2CCN(CCOc3ccccc3-c3ccccc3)CC2)cc1. The molecule has 0 bridgehead atoms. The highest BCUT2D eigenvalue weighted by Gasteiger charge is 2.17. The summed E-state index contributed by atoms with van der Waals surface area (Å²) in [6, 6.07) is 29.5. The van der Waals surface area contributed by atoms with E-state index in [-0.39, 0.29) is 0 Å². The third kappa shape index (κ3) is 5.00. The summed E-state index contributed by atoms with van der Waals surface area (Å²) >= 11 is 0. The first kappa shape index (κ1) is 18.7. The van der Waals surface area contributed by atoms with Crippen molar-refractivity contribution in [2.75, 3.05) is 39.3 Å². The van der Waals surface area contributed by atoms with Gasteiger partial charge in [0, 0.05) is 44.8 Å². The molecule has 0 unspecified atom stereocenters. The molecular weight excluding hydrogens is 344 g/mol. The van der Waals surface area contributed by atoms with Crippen LogP contribution in [0.15, 0.2) is 84.9 Å². The molecule has 3 heteroatoms. The van der Waals surface area contributed by atoms with Gasteiger partial charge in [-0.1, -0.05) is 78.9 Å². The molecule has 3 aromatic rings. The van der Waals surface area contributed by atoms with Crippen LogP contribution in [0.5, 0.6) is 5.75 Å². The topological polar surface area (TPSA) is 15.7 Å². The molecule has 1 aliphatic heterocycles. The summed E-state index contributed by atoms with van der Waals surface area (Å²) in [7, 11) is 0. The molecule has 1 aliphatic rings. The highest BCUT2D eigenvalue weighted by atomic mass is 16.5. The first-order chi connectivity index (χ1) is 13.9. The molecule has 1 fully saturated rings. The lowest BCUT2D eigenvalue weighted by atomic mass is 10.1. The van der Waals surface area contributed by atoms with Gasteiger partial charge in [0.05, 0.1) is 0 Å². The van der Waals surface area contributed by atoms with Crippen molar-refractivity contribution >= 4 is 0 Å². The van der Waals surface area contributed by atoms with Crippen molar-refractivity contribution < 1.29 is 4.74 Å². The summed E-state index contributed by atoms with van der Waals surface area (Å²) in [5, 5.41) is 0. The highest BCUT2D eigenvalue weighted by Crippen LogP contribution is 2.29. The van der Waals surface area contributed by atoms with E-state index >= 15 is 0 Å². The monoisotopic (exact) mass is 372 g/mol. The van der Waals surface area contributed by atoms with Gasteiger partial charge in [0.2, 0.25) is 0 Å². The van der Waals surface area contributed by atoms with Crippen LogP contribution in [0, 0.1) is 0 Å². The fourth-order valence-corrected chi connectivity index (χ4v) is 3.75. The van der Waals surface area contributed by atoms with Crippen molar-refractivity contribution in [2.24, 2.45) is 0 Å². The smallest absolute Gasteiger partial charge is 0.127 e. The summed E-state index contributed by atoms with van der Waals surface area (Å²) in [4.78, 5) is 5.05. The van der Waals surface area contributed by atoms with Gasteiger partial charge >= 0.3 is 0 Å². The number of para-hydroxylation sites is 1.